The van der Waals surface area contributed by atoms with Crippen LogP contribution in [0.25, 0.3) is 0 Å². The lowest BCUT2D eigenvalue weighted by Crippen LogP contribution is -2.21. The molecule has 0 unspecified atom stereocenters. The Hall–Kier alpha value is -2.20. The number of hydrogen-bond donors (Lipinski definition) is 1. The van der Waals surface area contributed by atoms with Gasteiger partial charge in [-0.25, -0.2) is 0 Å². The van der Waals surface area contributed by atoms with Gasteiger partial charge in [-0.3, -0.25) is 14.7 Å². The van der Waals surface area contributed by atoms with Crippen LogP contribution in [-0.4, -0.2) is 28.9 Å². The SMILES string of the molecule is Cc1cccnc1CN1CC[C@H](Cc2cccc(C(N)=O)c2)C1. The molecule has 4 heteroatoms. The molecule has 0 spiro atoms. The van der Waals surface area contributed by atoms with Crippen LogP contribution in [0.15, 0.2) is 42.6 Å². The minimum atomic E-state index is -0.356. The smallest absolute Gasteiger partial charge is 0.248 e. The van der Waals surface area contributed by atoms with Gasteiger partial charge >= 0.3 is 0 Å². The molecule has 2 heterocycles. The number of aromatic nitrogens is 1. The highest BCUT2D eigenvalue weighted by atomic mass is 16.1. The maximum atomic E-state index is 11.3. The number of pyridine rings is 1. The first-order valence-corrected chi connectivity index (χ1v) is 8.13. The number of carbonyl (C=O) groups is 1. The predicted octanol–water partition coefficient (Wildman–Crippen LogP) is 2.55. The Morgan fingerprint density at radius 1 is 1.35 bits per heavy atom. The second kappa shape index (κ2) is 6.92. The third-order valence-corrected chi connectivity index (χ3v) is 4.60. The van der Waals surface area contributed by atoms with Crippen LogP contribution in [-0.2, 0) is 13.0 Å². The zero-order valence-electron chi connectivity index (χ0n) is 13.5. The lowest BCUT2D eigenvalue weighted by Gasteiger charge is -2.17. The monoisotopic (exact) mass is 309 g/mol. The number of aryl methyl sites for hydroxylation is 1. The molecule has 1 aromatic carbocycles. The minimum Gasteiger partial charge on any atom is -0.366 e. The Bertz CT molecular complexity index is 699. The van der Waals surface area contributed by atoms with Crippen molar-refractivity contribution < 1.29 is 4.79 Å². The summed E-state index contributed by atoms with van der Waals surface area (Å²) in [6, 6.07) is 11.8. The lowest BCUT2D eigenvalue weighted by molar-refractivity contribution is 0.1000. The molecule has 0 radical (unpaired) electrons. The second-order valence-electron chi connectivity index (χ2n) is 6.43. The molecule has 0 aliphatic carbocycles. The molecule has 0 bridgehead atoms. The van der Waals surface area contributed by atoms with Gasteiger partial charge in [0.25, 0.3) is 0 Å². The van der Waals surface area contributed by atoms with Crippen LogP contribution in [0.3, 0.4) is 0 Å². The summed E-state index contributed by atoms with van der Waals surface area (Å²) in [4.78, 5) is 18.2. The van der Waals surface area contributed by atoms with Crippen LogP contribution in [0.5, 0.6) is 0 Å². The van der Waals surface area contributed by atoms with Crippen molar-refractivity contribution in [2.24, 2.45) is 11.7 Å². The summed E-state index contributed by atoms with van der Waals surface area (Å²) in [5.74, 6) is 0.271. The fourth-order valence-electron chi connectivity index (χ4n) is 3.30. The van der Waals surface area contributed by atoms with E-state index in [2.05, 4.69) is 28.9 Å². The largest absolute Gasteiger partial charge is 0.366 e. The molecule has 1 atom stereocenters. The number of rotatable bonds is 5. The molecular weight excluding hydrogens is 286 g/mol. The number of primary amides is 1. The first-order chi connectivity index (χ1) is 11.1. The lowest BCUT2D eigenvalue weighted by atomic mass is 9.97. The van der Waals surface area contributed by atoms with Gasteiger partial charge in [-0.1, -0.05) is 18.2 Å². The third kappa shape index (κ3) is 3.96. The molecule has 3 rings (SSSR count). The number of benzene rings is 1. The molecule has 2 N–H and O–H groups in total. The first-order valence-electron chi connectivity index (χ1n) is 8.13. The van der Waals surface area contributed by atoms with Gasteiger partial charge in [0, 0.05) is 24.8 Å². The van der Waals surface area contributed by atoms with Crippen molar-refractivity contribution in [1.82, 2.24) is 9.88 Å². The van der Waals surface area contributed by atoms with Crippen molar-refractivity contribution in [2.45, 2.75) is 26.3 Å². The fraction of sp³-hybridized carbons (Fsp3) is 0.368. The van der Waals surface area contributed by atoms with Crippen molar-refractivity contribution in [3.8, 4) is 0 Å². The van der Waals surface area contributed by atoms with Crippen LogP contribution in [0.4, 0.5) is 0 Å². The summed E-state index contributed by atoms with van der Waals surface area (Å²) in [5, 5.41) is 0. The van der Waals surface area contributed by atoms with E-state index in [4.69, 9.17) is 5.73 Å². The highest BCUT2D eigenvalue weighted by Crippen LogP contribution is 2.23. The van der Waals surface area contributed by atoms with Gasteiger partial charge in [0.05, 0.1) is 5.69 Å². The van der Waals surface area contributed by atoms with E-state index < -0.39 is 0 Å². The van der Waals surface area contributed by atoms with Crippen molar-refractivity contribution in [3.63, 3.8) is 0 Å². The van der Waals surface area contributed by atoms with E-state index in [0.29, 0.717) is 11.5 Å². The van der Waals surface area contributed by atoms with Gasteiger partial charge in [-0.05, 0) is 61.6 Å². The van der Waals surface area contributed by atoms with Gasteiger partial charge < -0.3 is 5.73 Å². The molecule has 1 aliphatic rings. The number of nitrogens with zero attached hydrogens (tertiary/aromatic N) is 2. The topological polar surface area (TPSA) is 59.2 Å². The van der Waals surface area contributed by atoms with Crippen LogP contribution in [0, 0.1) is 12.8 Å². The summed E-state index contributed by atoms with van der Waals surface area (Å²) in [7, 11) is 0. The highest BCUT2D eigenvalue weighted by Gasteiger charge is 2.23. The van der Waals surface area contributed by atoms with Crippen molar-refractivity contribution in [1.29, 1.82) is 0 Å². The van der Waals surface area contributed by atoms with Gasteiger partial charge in [-0.2, -0.15) is 0 Å². The zero-order valence-corrected chi connectivity index (χ0v) is 13.5. The maximum absolute atomic E-state index is 11.3. The molecule has 1 aliphatic heterocycles. The van der Waals surface area contributed by atoms with Gasteiger partial charge in [-0.15, -0.1) is 0 Å². The van der Waals surface area contributed by atoms with E-state index in [-0.39, 0.29) is 5.91 Å². The molecule has 0 saturated carbocycles. The van der Waals surface area contributed by atoms with Crippen LogP contribution in [0.2, 0.25) is 0 Å². The summed E-state index contributed by atoms with van der Waals surface area (Å²) in [6.07, 6.45) is 4.05. The molecule has 1 aromatic heterocycles. The maximum Gasteiger partial charge on any atom is 0.248 e. The summed E-state index contributed by atoms with van der Waals surface area (Å²) in [6.45, 7) is 5.22. The second-order valence-corrected chi connectivity index (χ2v) is 6.43. The molecule has 1 saturated heterocycles. The van der Waals surface area contributed by atoms with Gasteiger partial charge in [0.15, 0.2) is 0 Å². The highest BCUT2D eigenvalue weighted by molar-refractivity contribution is 5.92. The number of hydrogen-bond acceptors (Lipinski definition) is 3. The Morgan fingerprint density at radius 3 is 3.00 bits per heavy atom. The van der Waals surface area contributed by atoms with Crippen molar-refractivity contribution in [3.05, 3.63) is 65.0 Å². The summed E-state index contributed by atoms with van der Waals surface area (Å²) >= 11 is 0. The van der Waals surface area contributed by atoms with Gasteiger partial charge in [0.1, 0.15) is 0 Å². The Morgan fingerprint density at radius 2 is 2.22 bits per heavy atom. The molecule has 23 heavy (non-hydrogen) atoms. The number of nitrogens with two attached hydrogens (primary N) is 1. The van der Waals surface area contributed by atoms with Crippen molar-refractivity contribution >= 4 is 5.91 Å². The molecule has 1 amide bonds. The average molecular weight is 309 g/mol. The molecule has 2 aromatic rings. The quantitative estimate of drug-likeness (QED) is 0.923. The van der Waals surface area contributed by atoms with E-state index in [1.54, 1.807) is 6.07 Å². The van der Waals surface area contributed by atoms with Crippen molar-refractivity contribution in [2.75, 3.05) is 13.1 Å². The molecule has 120 valence electrons. The van der Waals surface area contributed by atoms with Crippen LogP contribution < -0.4 is 5.73 Å². The van der Waals surface area contributed by atoms with Crippen LogP contribution >= 0.6 is 0 Å². The van der Waals surface area contributed by atoms with E-state index in [1.165, 1.54) is 23.2 Å². The summed E-state index contributed by atoms with van der Waals surface area (Å²) in [5.41, 5.74) is 9.58. The minimum absolute atomic E-state index is 0.356. The van der Waals surface area contributed by atoms with Crippen LogP contribution in [0.1, 0.15) is 33.6 Å². The number of amides is 1. The Balaban J connectivity index is 1.59. The number of carbonyl (C=O) groups excluding carboxylic acids is 1. The molecular formula is C19H23N3O. The third-order valence-electron chi connectivity index (χ3n) is 4.60. The fourth-order valence-corrected chi connectivity index (χ4v) is 3.30. The number of likely N-dealkylation sites (tertiary alicyclic amines) is 1. The van der Waals surface area contributed by atoms with E-state index in [0.717, 1.165) is 26.1 Å². The first kappa shape index (κ1) is 15.7. The summed E-state index contributed by atoms with van der Waals surface area (Å²) < 4.78 is 0. The van der Waals surface area contributed by atoms with Gasteiger partial charge in [0.2, 0.25) is 5.91 Å². The standard InChI is InChI=1S/C19H23N3O/c1-14-4-3-8-21-18(14)13-22-9-7-16(12-22)10-15-5-2-6-17(11-15)19(20)23/h2-6,8,11,16H,7,9-10,12-13H2,1H3,(H2,20,23)/t16-/m1/s1. The van der Waals surface area contributed by atoms with E-state index in [9.17, 15) is 4.79 Å². The Kier molecular flexibility index (Phi) is 4.72. The normalized spacial score (nSPS) is 18.2. The van der Waals surface area contributed by atoms with E-state index in [1.807, 2.05) is 24.4 Å². The average Bonchev–Trinajstić information content (AvgIpc) is 2.97. The molecule has 4 nitrogen and oxygen atoms in total. The zero-order chi connectivity index (χ0) is 16.2. The Labute approximate surface area is 137 Å². The predicted molar refractivity (Wildman–Crippen MR) is 91.0 cm³/mol. The molecule has 1 fully saturated rings. The van der Waals surface area contributed by atoms with E-state index >= 15 is 0 Å².